The second-order valence-corrected chi connectivity index (χ2v) is 4.91. The molecule has 4 heteroatoms. The molecule has 1 aromatic heterocycles. The summed E-state index contributed by atoms with van der Waals surface area (Å²) in [5, 5.41) is 18.6. The predicted octanol–water partition coefficient (Wildman–Crippen LogP) is 2.73. The minimum Gasteiger partial charge on any atom is -0.393 e. The molecular weight excluding hydrogens is 250 g/mol. The van der Waals surface area contributed by atoms with Crippen LogP contribution in [0.1, 0.15) is 18.9 Å². The van der Waals surface area contributed by atoms with Gasteiger partial charge in [0.25, 0.3) is 0 Å². The average molecular weight is 267 g/mol. The highest BCUT2D eigenvalue weighted by Crippen LogP contribution is 2.14. The van der Waals surface area contributed by atoms with Crippen molar-refractivity contribution in [3.8, 4) is 5.69 Å². The number of nitrogens with zero attached hydrogens (tertiary/aromatic N) is 3. The standard InChI is InChI=1S/C16H17N3O/c1-2-14(20)11-12-7-9-13(10-8-12)19-17-15-5-3-4-6-16(15)18-19/h3-10,14,20H,2,11H2,1H3. The molecule has 0 radical (unpaired) electrons. The summed E-state index contributed by atoms with van der Waals surface area (Å²) in [5.41, 5.74) is 3.83. The van der Waals surface area contributed by atoms with E-state index in [0.29, 0.717) is 6.42 Å². The first-order chi connectivity index (χ1) is 9.76. The third-order valence-electron chi connectivity index (χ3n) is 3.40. The number of hydrogen-bond donors (Lipinski definition) is 1. The maximum absolute atomic E-state index is 9.66. The summed E-state index contributed by atoms with van der Waals surface area (Å²) in [6.45, 7) is 1.98. The molecule has 0 aliphatic heterocycles. The van der Waals surface area contributed by atoms with E-state index in [4.69, 9.17) is 0 Å². The largest absolute Gasteiger partial charge is 0.393 e. The summed E-state index contributed by atoms with van der Waals surface area (Å²) in [7, 11) is 0. The first-order valence-corrected chi connectivity index (χ1v) is 6.85. The van der Waals surface area contributed by atoms with Crippen LogP contribution in [0.3, 0.4) is 0 Å². The lowest BCUT2D eigenvalue weighted by Gasteiger charge is -2.08. The molecule has 102 valence electrons. The molecule has 0 saturated carbocycles. The Hall–Kier alpha value is -2.20. The predicted molar refractivity (Wildman–Crippen MR) is 78.9 cm³/mol. The summed E-state index contributed by atoms with van der Waals surface area (Å²) >= 11 is 0. The number of benzene rings is 2. The van der Waals surface area contributed by atoms with E-state index in [1.807, 2.05) is 55.5 Å². The van der Waals surface area contributed by atoms with Gasteiger partial charge in [0.1, 0.15) is 11.0 Å². The van der Waals surface area contributed by atoms with Gasteiger partial charge in [0.2, 0.25) is 0 Å². The summed E-state index contributed by atoms with van der Waals surface area (Å²) < 4.78 is 0. The molecule has 0 aliphatic rings. The first kappa shape index (κ1) is 12.8. The minimum atomic E-state index is -0.272. The molecule has 0 fully saturated rings. The second kappa shape index (κ2) is 5.43. The Morgan fingerprint density at radius 1 is 1.00 bits per heavy atom. The first-order valence-electron chi connectivity index (χ1n) is 6.85. The summed E-state index contributed by atoms with van der Waals surface area (Å²) in [6, 6.07) is 15.8. The molecular formula is C16H17N3O. The van der Waals surface area contributed by atoms with Crippen LogP contribution in [0.2, 0.25) is 0 Å². The van der Waals surface area contributed by atoms with E-state index >= 15 is 0 Å². The van der Waals surface area contributed by atoms with Crippen LogP contribution in [-0.4, -0.2) is 26.2 Å². The van der Waals surface area contributed by atoms with Crippen molar-refractivity contribution in [1.82, 2.24) is 15.0 Å². The Balaban J connectivity index is 1.86. The average Bonchev–Trinajstić information content (AvgIpc) is 2.91. The zero-order chi connectivity index (χ0) is 13.9. The molecule has 0 aliphatic carbocycles. The van der Waals surface area contributed by atoms with Gasteiger partial charge in [0, 0.05) is 0 Å². The van der Waals surface area contributed by atoms with Crippen molar-refractivity contribution in [2.24, 2.45) is 0 Å². The molecule has 3 rings (SSSR count). The fraction of sp³-hybridized carbons (Fsp3) is 0.250. The lowest BCUT2D eigenvalue weighted by atomic mass is 10.1. The van der Waals surface area contributed by atoms with E-state index in [1.165, 1.54) is 0 Å². The van der Waals surface area contributed by atoms with E-state index in [-0.39, 0.29) is 6.10 Å². The highest BCUT2D eigenvalue weighted by Gasteiger charge is 2.05. The van der Waals surface area contributed by atoms with Crippen LogP contribution < -0.4 is 0 Å². The maximum Gasteiger partial charge on any atom is 0.113 e. The topological polar surface area (TPSA) is 50.9 Å². The Morgan fingerprint density at radius 2 is 1.60 bits per heavy atom. The summed E-state index contributed by atoms with van der Waals surface area (Å²) in [6.07, 6.45) is 1.19. The zero-order valence-electron chi connectivity index (χ0n) is 11.4. The molecule has 1 unspecified atom stereocenters. The van der Waals surface area contributed by atoms with Gasteiger partial charge in [0.05, 0.1) is 11.8 Å². The van der Waals surface area contributed by atoms with Crippen molar-refractivity contribution < 1.29 is 5.11 Å². The molecule has 1 heterocycles. The van der Waals surface area contributed by atoms with Crippen molar-refractivity contribution in [1.29, 1.82) is 0 Å². The molecule has 20 heavy (non-hydrogen) atoms. The van der Waals surface area contributed by atoms with Gasteiger partial charge < -0.3 is 5.11 Å². The Kier molecular flexibility index (Phi) is 3.48. The molecule has 4 nitrogen and oxygen atoms in total. The van der Waals surface area contributed by atoms with Crippen LogP contribution in [0, 0.1) is 0 Å². The summed E-state index contributed by atoms with van der Waals surface area (Å²) in [5.74, 6) is 0. The number of rotatable bonds is 4. The van der Waals surface area contributed by atoms with Crippen LogP contribution in [0.5, 0.6) is 0 Å². The van der Waals surface area contributed by atoms with Crippen molar-refractivity contribution in [2.45, 2.75) is 25.9 Å². The monoisotopic (exact) mass is 267 g/mol. The third kappa shape index (κ3) is 2.56. The van der Waals surface area contributed by atoms with E-state index in [0.717, 1.165) is 28.7 Å². The van der Waals surface area contributed by atoms with Crippen LogP contribution in [0.4, 0.5) is 0 Å². The van der Waals surface area contributed by atoms with Crippen LogP contribution >= 0.6 is 0 Å². The lowest BCUT2D eigenvalue weighted by Crippen LogP contribution is -2.08. The van der Waals surface area contributed by atoms with Gasteiger partial charge in [-0.3, -0.25) is 0 Å². The van der Waals surface area contributed by atoms with Gasteiger partial charge in [-0.25, -0.2) is 0 Å². The fourth-order valence-corrected chi connectivity index (χ4v) is 2.16. The maximum atomic E-state index is 9.66. The quantitative estimate of drug-likeness (QED) is 0.790. The molecule has 0 spiro atoms. The number of aliphatic hydroxyl groups is 1. The number of fused-ring (bicyclic) bond motifs is 1. The normalized spacial score (nSPS) is 12.7. The van der Waals surface area contributed by atoms with Crippen LogP contribution in [0.25, 0.3) is 16.7 Å². The van der Waals surface area contributed by atoms with Crippen molar-refractivity contribution in [2.75, 3.05) is 0 Å². The molecule has 1 atom stereocenters. The number of hydrogen-bond acceptors (Lipinski definition) is 3. The number of aliphatic hydroxyl groups excluding tert-OH is 1. The molecule has 0 bridgehead atoms. The molecule has 2 aromatic carbocycles. The highest BCUT2D eigenvalue weighted by molar-refractivity contribution is 5.73. The Bertz CT molecular complexity index is 670. The smallest absolute Gasteiger partial charge is 0.113 e. The van der Waals surface area contributed by atoms with Crippen molar-refractivity contribution in [3.63, 3.8) is 0 Å². The SMILES string of the molecule is CCC(O)Cc1ccc(-n2nc3ccccc3n2)cc1. The van der Waals surface area contributed by atoms with E-state index < -0.39 is 0 Å². The van der Waals surface area contributed by atoms with E-state index in [2.05, 4.69) is 10.2 Å². The molecule has 1 N–H and O–H groups in total. The molecule has 0 amide bonds. The minimum absolute atomic E-state index is 0.272. The van der Waals surface area contributed by atoms with Gasteiger partial charge in [-0.05, 0) is 42.7 Å². The van der Waals surface area contributed by atoms with E-state index in [1.54, 1.807) is 4.80 Å². The van der Waals surface area contributed by atoms with Crippen molar-refractivity contribution in [3.05, 3.63) is 54.1 Å². The number of aromatic nitrogens is 3. The Labute approximate surface area is 117 Å². The second-order valence-electron chi connectivity index (χ2n) is 4.91. The van der Waals surface area contributed by atoms with Gasteiger partial charge >= 0.3 is 0 Å². The summed E-state index contributed by atoms with van der Waals surface area (Å²) in [4.78, 5) is 1.64. The van der Waals surface area contributed by atoms with Crippen molar-refractivity contribution >= 4 is 11.0 Å². The zero-order valence-corrected chi connectivity index (χ0v) is 11.4. The molecule has 0 saturated heterocycles. The van der Waals surface area contributed by atoms with Crippen LogP contribution in [0.15, 0.2) is 48.5 Å². The third-order valence-corrected chi connectivity index (χ3v) is 3.40. The van der Waals surface area contributed by atoms with E-state index in [9.17, 15) is 5.11 Å². The Morgan fingerprint density at radius 3 is 2.15 bits per heavy atom. The van der Waals surface area contributed by atoms with Gasteiger partial charge in [-0.1, -0.05) is 31.2 Å². The lowest BCUT2D eigenvalue weighted by molar-refractivity contribution is 0.171. The fourth-order valence-electron chi connectivity index (χ4n) is 2.16. The van der Waals surface area contributed by atoms with Gasteiger partial charge in [0.15, 0.2) is 0 Å². The molecule has 3 aromatic rings. The van der Waals surface area contributed by atoms with Gasteiger partial charge in [-0.15, -0.1) is 10.2 Å². The van der Waals surface area contributed by atoms with Gasteiger partial charge in [-0.2, -0.15) is 4.80 Å². The highest BCUT2D eigenvalue weighted by atomic mass is 16.3. The van der Waals surface area contributed by atoms with Crippen LogP contribution in [-0.2, 0) is 6.42 Å².